The quantitative estimate of drug-likeness (QED) is 0.878. The number of fused-ring (bicyclic) bond motifs is 1. The fraction of sp³-hybridized carbons (Fsp3) is 0.500. The normalized spacial score (nSPS) is 24.8. The van der Waals surface area contributed by atoms with Crippen LogP contribution in [-0.4, -0.2) is 4.98 Å². The second-order valence-corrected chi connectivity index (χ2v) is 6.45. The molecule has 1 fully saturated rings. The molecule has 1 saturated carbocycles. The van der Waals surface area contributed by atoms with Gasteiger partial charge < -0.3 is 5.73 Å². The van der Waals surface area contributed by atoms with Crippen LogP contribution in [0.4, 0.5) is 0 Å². The van der Waals surface area contributed by atoms with Crippen molar-refractivity contribution in [1.29, 1.82) is 0 Å². The highest BCUT2D eigenvalue weighted by molar-refractivity contribution is 5.79. The first kappa shape index (κ1) is 13.6. The topological polar surface area (TPSA) is 38.9 Å². The van der Waals surface area contributed by atoms with E-state index in [1.807, 2.05) is 6.92 Å². The van der Waals surface area contributed by atoms with E-state index in [1.54, 1.807) is 0 Å². The van der Waals surface area contributed by atoms with Gasteiger partial charge in [0.25, 0.3) is 0 Å². The first-order valence-electron chi connectivity index (χ1n) is 7.76. The summed E-state index contributed by atoms with van der Waals surface area (Å²) in [4.78, 5) is 4.56. The predicted octanol–water partition coefficient (Wildman–Crippen LogP) is 4.37. The molecule has 1 aromatic heterocycles. The molecule has 1 unspecified atom stereocenters. The summed E-state index contributed by atoms with van der Waals surface area (Å²) in [6, 6.07) is 10.9. The summed E-state index contributed by atoms with van der Waals surface area (Å²) in [5.74, 6) is 1.52. The molecule has 106 valence electrons. The van der Waals surface area contributed by atoms with Crippen LogP contribution in [-0.2, 0) is 0 Å². The lowest BCUT2D eigenvalue weighted by molar-refractivity contribution is 0.256. The Bertz CT molecular complexity index is 597. The molecule has 3 rings (SSSR count). The Morgan fingerprint density at radius 2 is 1.85 bits per heavy atom. The van der Waals surface area contributed by atoms with E-state index in [0.29, 0.717) is 5.92 Å². The minimum Gasteiger partial charge on any atom is -0.324 e. The van der Waals surface area contributed by atoms with Gasteiger partial charge in [-0.1, -0.05) is 31.9 Å². The van der Waals surface area contributed by atoms with Crippen LogP contribution in [0.15, 0.2) is 30.3 Å². The van der Waals surface area contributed by atoms with Crippen LogP contribution >= 0.6 is 0 Å². The van der Waals surface area contributed by atoms with Crippen molar-refractivity contribution in [3.05, 3.63) is 41.6 Å². The molecule has 1 atom stereocenters. The molecule has 2 nitrogen and oxygen atoms in total. The van der Waals surface area contributed by atoms with E-state index in [4.69, 9.17) is 5.73 Å². The second kappa shape index (κ2) is 5.53. The molecule has 1 aromatic carbocycles. The van der Waals surface area contributed by atoms with Gasteiger partial charge >= 0.3 is 0 Å². The van der Waals surface area contributed by atoms with Crippen molar-refractivity contribution < 1.29 is 0 Å². The van der Waals surface area contributed by atoms with Crippen molar-refractivity contribution in [3.8, 4) is 0 Å². The predicted molar refractivity (Wildman–Crippen MR) is 84.5 cm³/mol. The molecule has 0 amide bonds. The minimum atomic E-state index is 0.174. The maximum absolute atomic E-state index is 6.52. The van der Waals surface area contributed by atoms with Crippen LogP contribution in [0.1, 0.15) is 49.9 Å². The highest BCUT2D eigenvalue weighted by Crippen LogP contribution is 2.36. The van der Waals surface area contributed by atoms with E-state index < -0.39 is 0 Å². The molecule has 2 heteroatoms. The molecular formula is C18H24N2. The van der Waals surface area contributed by atoms with Gasteiger partial charge in [-0.2, -0.15) is 0 Å². The Balaban J connectivity index is 1.84. The van der Waals surface area contributed by atoms with Gasteiger partial charge in [0.2, 0.25) is 0 Å². The van der Waals surface area contributed by atoms with E-state index in [9.17, 15) is 0 Å². The molecule has 1 aliphatic rings. The van der Waals surface area contributed by atoms with Crippen molar-refractivity contribution in [1.82, 2.24) is 4.98 Å². The number of aromatic nitrogens is 1. The SMILES string of the molecule is Cc1ccc2cc(C(N)C3CCC(C)CC3)ccc2n1. The van der Waals surface area contributed by atoms with E-state index in [-0.39, 0.29) is 6.04 Å². The first-order chi connectivity index (χ1) is 9.63. The van der Waals surface area contributed by atoms with Crippen molar-refractivity contribution in [2.45, 2.75) is 45.6 Å². The van der Waals surface area contributed by atoms with Crippen molar-refractivity contribution in [3.63, 3.8) is 0 Å². The molecule has 0 spiro atoms. The highest BCUT2D eigenvalue weighted by Gasteiger charge is 2.24. The lowest BCUT2D eigenvalue weighted by Crippen LogP contribution is -2.25. The van der Waals surface area contributed by atoms with Gasteiger partial charge in [0.15, 0.2) is 0 Å². The zero-order valence-corrected chi connectivity index (χ0v) is 12.5. The lowest BCUT2D eigenvalue weighted by atomic mass is 9.77. The molecule has 1 aliphatic carbocycles. The summed E-state index contributed by atoms with van der Waals surface area (Å²) in [6.45, 7) is 4.38. The number of nitrogens with zero attached hydrogens (tertiary/aromatic N) is 1. The maximum Gasteiger partial charge on any atom is 0.0705 e. The molecule has 2 N–H and O–H groups in total. The van der Waals surface area contributed by atoms with Gasteiger partial charge in [0.1, 0.15) is 0 Å². The number of rotatable bonds is 2. The average molecular weight is 268 g/mol. The third-order valence-corrected chi connectivity index (χ3v) is 4.81. The molecule has 2 aromatic rings. The van der Waals surface area contributed by atoms with E-state index in [2.05, 4.69) is 42.2 Å². The summed E-state index contributed by atoms with van der Waals surface area (Å²) in [5.41, 5.74) is 9.92. The first-order valence-corrected chi connectivity index (χ1v) is 7.76. The fourth-order valence-electron chi connectivity index (χ4n) is 3.37. The second-order valence-electron chi connectivity index (χ2n) is 6.45. The fourth-order valence-corrected chi connectivity index (χ4v) is 3.37. The highest BCUT2D eigenvalue weighted by atomic mass is 14.7. The Labute approximate surface area is 121 Å². The largest absolute Gasteiger partial charge is 0.324 e. The minimum absolute atomic E-state index is 0.174. The van der Waals surface area contributed by atoms with Crippen LogP contribution in [0.3, 0.4) is 0 Å². The van der Waals surface area contributed by atoms with Crippen molar-refractivity contribution in [2.24, 2.45) is 17.6 Å². The van der Waals surface area contributed by atoms with E-state index >= 15 is 0 Å². The van der Waals surface area contributed by atoms with Gasteiger partial charge in [-0.15, -0.1) is 0 Å². The van der Waals surface area contributed by atoms with Crippen molar-refractivity contribution >= 4 is 10.9 Å². The molecule has 1 heterocycles. The van der Waals surface area contributed by atoms with Gasteiger partial charge in [-0.3, -0.25) is 4.98 Å². The number of benzene rings is 1. The third kappa shape index (κ3) is 2.71. The monoisotopic (exact) mass is 268 g/mol. The Morgan fingerprint density at radius 1 is 1.10 bits per heavy atom. The van der Waals surface area contributed by atoms with E-state index in [0.717, 1.165) is 17.1 Å². The third-order valence-electron chi connectivity index (χ3n) is 4.81. The van der Waals surface area contributed by atoms with Gasteiger partial charge in [0, 0.05) is 17.1 Å². The molecule has 0 bridgehead atoms. The summed E-state index contributed by atoms with van der Waals surface area (Å²) in [7, 11) is 0. The van der Waals surface area contributed by atoms with Gasteiger partial charge in [-0.05, 0) is 55.4 Å². The average Bonchev–Trinajstić information content (AvgIpc) is 2.47. The Hall–Kier alpha value is -1.41. The number of hydrogen-bond acceptors (Lipinski definition) is 2. The smallest absolute Gasteiger partial charge is 0.0705 e. The van der Waals surface area contributed by atoms with Crippen LogP contribution < -0.4 is 5.73 Å². The van der Waals surface area contributed by atoms with Crippen LogP contribution in [0.5, 0.6) is 0 Å². The van der Waals surface area contributed by atoms with Crippen molar-refractivity contribution in [2.75, 3.05) is 0 Å². The van der Waals surface area contributed by atoms with E-state index in [1.165, 1.54) is 36.6 Å². The van der Waals surface area contributed by atoms with Crippen LogP contribution in [0.25, 0.3) is 10.9 Å². The Kier molecular flexibility index (Phi) is 3.75. The number of nitrogens with two attached hydrogens (primary N) is 1. The molecule has 0 aliphatic heterocycles. The van der Waals surface area contributed by atoms with Crippen LogP contribution in [0, 0.1) is 18.8 Å². The maximum atomic E-state index is 6.52. The molecular weight excluding hydrogens is 244 g/mol. The van der Waals surface area contributed by atoms with Gasteiger partial charge in [-0.25, -0.2) is 0 Å². The Morgan fingerprint density at radius 3 is 2.60 bits per heavy atom. The van der Waals surface area contributed by atoms with Crippen LogP contribution in [0.2, 0.25) is 0 Å². The standard InChI is InChI=1S/C18H24N2/c1-12-3-6-14(7-4-12)18(19)16-9-10-17-15(11-16)8-5-13(2)20-17/h5,8-12,14,18H,3-4,6-7,19H2,1-2H3. The zero-order chi connectivity index (χ0) is 14.1. The number of aryl methyl sites for hydroxylation is 1. The molecule has 0 radical (unpaired) electrons. The lowest BCUT2D eigenvalue weighted by Gasteiger charge is -2.31. The summed E-state index contributed by atoms with van der Waals surface area (Å²) < 4.78 is 0. The zero-order valence-electron chi connectivity index (χ0n) is 12.5. The van der Waals surface area contributed by atoms with Gasteiger partial charge in [0.05, 0.1) is 5.52 Å². The molecule has 20 heavy (non-hydrogen) atoms. The summed E-state index contributed by atoms with van der Waals surface area (Å²) >= 11 is 0. The summed E-state index contributed by atoms with van der Waals surface area (Å²) in [5, 5.41) is 1.20. The summed E-state index contributed by atoms with van der Waals surface area (Å²) in [6.07, 6.45) is 5.19. The number of hydrogen-bond donors (Lipinski definition) is 1. The molecule has 0 saturated heterocycles. The number of pyridine rings is 1.